The van der Waals surface area contributed by atoms with Gasteiger partial charge in [0.1, 0.15) is 0 Å². The molecule has 0 bridgehead atoms. The van der Waals surface area contributed by atoms with Crippen molar-refractivity contribution in [3.63, 3.8) is 0 Å². The van der Waals surface area contributed by atoms with Gasteiger partial charge in [-0.05, 0) is 0 Å². The second-order valence-electron chi connectivity index (χ2n) is 0.204. The summed E-state index contributed by atoms with van der Waals surface area (Å²) in [6.07, 6.45) is 1.50. The second kappa shape index (κ2) is 8.85. The maximum atomic E-state index is 8.68. The molecule has 1 nitrogen and oxygen atoms in total. The van der Waals surface area contributed by atoms with Gasteiger partial charge in [-0.1, -0.05) is 0 Å². The van der Waals surface area contributed by atoms with E-state index in [4.69, 9.17) is 4.79 Å². The van der Waals surface area contributed by atoms with Crippen molar-refractivity contribution in [3.8, 4) is 0 Å². The Kier molecular flexibility index (Phi) is 19.9. The van der Waals surface area contributed by atoms with Gasteiger partial charge in [0.25, 0.3) is 0 Å². The van der Waals surface area contributed by atoms with Gasteiger partial charge in [-0.15, -0.1) is 0 Å². The molecule has 0 spiro atoms. The third-order valence-corrected chi connectivity index (χ3v) is 0. The Balaban J connectivity index is 0. The summed E-state index contributed by atoms with van der Waals surface area (Å²) in [6, 6.07) is 0. The van der Waals surface area contributed by atoms with Gasteiger partial charge in [0.15, 0.2) is 6.29 Å². The van der Waals surface area contributed by atoms with Crippen molar-refractivity contribution in [2.45, 2.75) is 6.92 Å². The molecule has 0 heterocycles. The molecule has 0 unspecified atom stereocenters. The predicted molar refractivity (Wildman–Crippen MR) is 18.5 cm³/mol. The Hall–Kier alpha value is 1.31. The molecule has 0 aromatic rings. The van der Waals surface area contributed by atoms with Gasteiger partial charge in [0, 0.05) is 6.92 Å². The fourth-order valence-corrected chi connectivity index (χ4v) is 0. The molecule has 0 aromatic heterocycles. The molecule has 0 aliphatic carbocycles. The van der Waals surface area contributed by atoms with Crippen LogP contribution < -0.4 is 0 Å². The Morgan fingerprint density at radius 1 is 1.75 bits per heavy atom. The van der Waals surface area contributed by atoms with Crippen molar-refractivity contribution < 1.29 is 4.79 Å². The van der Waals surface area contributed by atoms with E-state index in [2.05, 4.69) is 0 Å². The fraction of sp³-hybridized carbons (Fsp3) is 0.500. The first-order valence-corrected chi connectivity index (χ1v) is 0.704. The average molecular weight is 83.2 g/mol. The fourth-order valence-electron chi connectivity index (χ4n) is 0. The van der Waals surface area contributed by atoms with Gasteiger partial charge in [0.2, 0.25) is 0 Å². The molecule has 0 saturated carbocycles. The third kappa shape index (κ3) is 10.3. The van der Waals surface area contributed by atoms with Crippen LogP contribution in [-0.4, -0.2) is 57.7 Å². The summed E-state index contributed by atoms with van der Waals surface area (Å²) in [5, 5.41) is 0. The molecule has 0 aromatic carbocycles. The Bertz CT molecular complexity index is 13.5. The van der Waals surface area contributed by atoms with Crippen molar-refractivity contribution >= 4 is 57.7 Å². The van der Waals surface area contributed by atoms with E-state index in [1.807, 2.05) is 0 Å². The van der Waals surface area contributed by atoms with E-state index in [0.29, 0.717) is 0 Å². The summed E-state index contributed by atoms with van der Waals surface area (Å²) in [6.45, 7) is 1.32. The summed E-state index contributed by atoms with van der Waals surface area (Å²) in [7, 11) is 0. The van der Waals surface area contributed by atoms with E-state index in [-0.39, 0.29) is 51.4 Å². The van der Waals surface area contributed by atoms with Crippen LogP contribution in [0, 0.1) is 0 Å². The van der Waals surface area contributed by atoms with Gasteiger partial charge < -0.3 is 0 Å². The molecule has 0 aliphatic heterocycles. The monoisotopic (exact) mass is 83.0 g/mol. The number of hydrogen-bond acceptors (Lipinski definition) is 1. The van der Waals surface area contributed by atoms with Gasteiger partial charge >= 0.3 is 51.4 Å². The zero-order valence-electron chi connectivity index (χ0n) is 1.91. The normalized spacial score (nSPS) is 3.25. The molecule has 0 saturated heterocycles. The van der Waals surface area contributed by atoms with Crippen molar-refractivity contribution in [1.82, 2.24) is 0 Å². The van der Waals surface area contributed by atoms with E-state index >= 15 is 0 Å². The summed E-state index contributed by atoms with van der Waals surface area (Å²) in [5.74, 6) is 0. The Morgan fingerprint density at radius 2 is 1.75 bits per heavy atom. The molecule has 0 rings (SSSR count). The Morgan fingerprint density at radius 3 is 1.75 bits per heavy atom. The second-order valence-corrected chi connectivity index (χ2v) is 0.204. The van der Waals surface area contributed by atoms with Crippen LogP contribution in [0.5, 0.6) is 0 Å². The van der Waals surface area contributed by atoms with E-state index in [9.17, 15) is 0 Å². The minimum atomic E-state index is 0. The van der Waals surface area contributed by atoms with Crippen LogP contribution in [0.3, 0.4) is 0 Å². The standard InChI is InChI=1S/C2H3O.K.H/c1-2-3;;/h1H3;;. The molecular formula is C2H4KO. The van der Waals surface area contributed by atoms with Crippen LogP contribution in [-0.2, 0) is 4.79 Å². The summed E-state index contributed by atoms with van der Waals surface area (Å²) in [5.41, 5.74) is 0. The molecule has 0 atom stereocenters. The van der Waals surface area contributed by atoms with Crippen molar-refractivity contribution in [1.29, 1.82) is 0 Å². The maximum absolute atomic E-state index is 8.68. The molecule has 19 valence electrons. The molecule has 0 aliphatic rings. The van der Waals surface area contributed by atoms with Crippen molar-refractivity contribution in [3.05, 3.63) is 0 Å². The first-order valence-electron chi connectivity index (χ1n) is 0.704. The molecular weight excluding hydrogens is 79.1 g/mol. The number of carbonyl (C=O) groups excluding carboxylic acids is 1. The summed E-state index contributed by atoms with van der Waals surface area (Å²) in [4.78, 5) is 8.68. The van der Waals surface area contributed by atoms with Crippen molar-refractivity contribution in [2.75, 3.05) is 0 Å². The predicted octanol–water partition coefficient (Wildman–Crippen LogP) is -0.532. The van der Waals surface area contributed by atoms with Crippen LogP contribution in [0.4, 0.5) is 0 Å². The zero-order valence-corrected chi connectivity index (χ0v) is 1.91. The molecule has 1 radical (unpaired) electrons. The van der Waals surface area contributed by atoms with Gasteiger partial charge in [-0.2, -0.15) is 0 Å². The molecule has 0 amide bonds. The van der Waals surface area contributed by atoms with Gasteiger partial charge in [-0.25, -0.2) is 0 Å². The van der Waals surface area contributed by atoms with Crippen LogP contribution in [0.15, 0.2) is 0 Å². The molecule has 2 heteroatoms. The quantitative estimate of drug-likeness (QED) is 0.360. The van der Waals surface area contributed by atoms with Crippen LogP contribution in [0.2, 0.25) is 0 Å². The van der Waals surface area contributed by atoms with Gasteiger partial charge in [0.05, 0.1) is 0 Å². The topological polar surface area (TPSA) is 17.1 Å². The third-order valence-electron chi connectivity index (χ3n) is 0. The Labute approximate surface area is 68.2 Å². The van der Waals surface area contributed by atoms with E-state index in [0.717, 1.165) is 0 Å². The zero-order chi connectivity index (χ0) is 2.71. The van der Waals surface area contributed by atoms with Crippen molar-refractivity contribution in [2.24, 2.45) is 0 Å². The van der Waals surface area contributed by atoms with Crippen LogP contribution >= 0.6 is 0 Å². The van der Waals surface area contributed by atoms with E-state index < -0.39 is 0 Å². The molecule has 0 N–H and O–H groups in total. The van der Waals surface area contributed by atoms with Crippen LogP contribution in [0.1, 0.15) is 6.92 Å². The van der Waals surface area contributed by atoms with E-state index in [1.165, 1.54) is 13.2 Å². The summed E-state index contributed by atoms with van der Waals surface area (Å²) < 4.78 is 0. The van der Waals surface area contributed by atoms with Crippen LogP contribution in [0.25, 0.3) is 0 Å². The number of hydrogen-bond donors (Lipinski definition) is 0. The average Bonchev–Trinajstić information content (AvgIpc) is 0.918. The molecule has 0 fully saturated rings. The molecule has 4 heavy (non-hydrogen) atoms. The first-order chi connectivity index (χ1) is 1.41. The number of rotatable bonds is 0. The summed E-state index contributed by atoms with van der Waals surface area (Å²) >= 11 is 0. The van der Waals surface area contributed by atoms with E-state index in [1.54, 1.807) is 0 Å². The minimum absolute atomic E-state index is 0. The first kappa shape index (κ1) is 9.00. The van der Waals surface area contributed by atoms with Gasteiger partial charge in [-0.3, -0.25) is 4.79 Å². The SMILES string of the molecule is C[C]=O.[KH].